The Bertz CT molecular complexity index is 3280. The summed E-state index contributed by atoms with van der Waals surface area (Å²) in [7, 11) is 0. The minimum absolute atomic E-state index is 0.381. The quantitative estimate of drug-likeness (QED) is 0.168. The molecule has 10 aromatic carbocycles. The Balaban J connectivity index is 0.991. The second kappa shape index (κ2) is 13.5. The third kappa shape index (κ3) is 4.91. The maximum atomic E-state index is 2.44. The third-order valence-corrected chi connectivity index (χ3v) is 13.7. The largest absolute Gasteiger partial charge is 0.310 e. The number of rotatable bonds is 5. The number of hydrogen-bond acceptors (Lipinski definition) is 1. The van der Waals surface area contributed by atoms with Gasteiger partial charge in [-0.05, 0) is 137 Å². The summed E-state index contributed by atoms with van der Waals surface area (Å²) in [6, 6.07) is 87.8. The van der Waals surface area contributed by atoms with Gasteiger partial charge in [0.15, 0.2) is 0 Å². The summed E-state index contributed by atoms with van der Waals surface area (Å²) in [6.45, 7) is 0. The summed E-state index contributed by atoms with van der Waals surface area (Å²) in [5, 5.41) is 0. The van der Waals surface area contributed by atoms with E-state index < -0.39 is 0 Å². The highest BCUT2D eigenvalue weighted by molar-refractivity contribution is 6.06. The van der Waals surface area contributed by atoms with Crippen molar-refractivity contribution in [2.45, 2.75) is 5.41 Å². The van der Waals surface area contributed by atoms with E-state index >= 15 is 0 Å². The van der Waals surface area contributed by atoms with Crippen molar-refractivity contribution in [3.63, 3.8) is 0 Å². The molecule has 2 bridgehead atoms. The molecule has 3 aliphatic rings. The molecule has 0 radical (unpaired) electrons. The second-order valence-electron chi connectivity index (χ2n) is 16.7. The first-order valence-electron chi connectivity index (χ1n) is 21.6. The van der Waals surface area contributed by atoms with Crippen LogP contribution in [0.1, 0.15) is 22.3 Å². The second-order valence-corrected chi connectivity index (χ2v) is 16.7. The fourth-order valence-corrected chi connectivity index (χ4v) is 11.1. The maximum Gasteiger partial charge on any atom is 0.0725 e. The molecule has 0 amide bonds. The Labute approximate surface area is 362 Å². The van der Waals surface area contributed by atoms with Crippen molar-refractivity contribution in [3.05, 3.63) is 259 Å². The number of nitrogens with zero attached hydrogens (tertiary/aromatic N) is 1. The number of fused-ring (bicyclic) bond motifs is 17. The molecular formula is C61H39N. The molecule has 0 aromatic heterocycles. The molecule has 288 valence electrons. The highest BCUT2D eigenvalue weighted by atomic mass is 15.1. The molecule has 0 aliphatic heterocycles. The molecular weight excluding hydrogens is 747 g/mol. The summed E-state index contributed by atoms with van der Waals surface area (Å²) in [5.74, 6) is 0. The molecule has 0 saturated carbocycles. The van der Waals surface area contributed by atoms with E-state index in [1.165, 1.54) is 100 Å². The van der Waals surface area contributed by atoms with E-state index in [0.29, 0.717) is 0 Å². The van der Waals surface area contributed by atoms with Crippen LogP contribution in [0, 0.1) is 0 Å². The lowest BCUT2D eigenvalue weighted by molar-refractivity contribution is 0.794. The van der Waals surface area contributed by atoms with Gasteiger partial charge < -0.3 is 4.90 Å². The third-order valence-electron chi connectivity index (χ3n) is 13.7. The normalized spacial score (nSPS) is 13.0. The molecule has 13 rings (SSSR count). The predicted octanol–water partition coefficient (Wildman–Crippen LogP) is 16.1. The van der Waals surface area contributed by atoms with E-state index in [0.717, 1.165) is 17.1 Å². The van der Waals surface area contributed by atoms with Crippen LogP contribution < -0.4 is 4.90 Å². The Morgan fingerprint density at radius 3 is 1.10 bits per heavy atom. The average molecular weight is 786 g/mol. The summed E-state index contributed by atoms with van der Waals surface area (Å²) in [6.07, 6.45) is 0. The van der Waals surface area contributed by atoms with E-state index in [4.69, 9.17) is 0 Å². The fourth-order valence-electron chi connectivity index (χ4n) is 11.1. The van der Waals surface area contributed by atoms with Crippen molar-refractivity contribution in [2.24, 2.45) is 0 Å². The summed E-state index contributed by atoms with van der Waals surface area (Å²) < 4.78 is 0. The highest BCUT2D eigenvalue weighted by Crippen LogP contribution is 2.63. The molecule has 3 aliphatic carbocycles. The van der Waals surface area contributed by atoms with Crippen molar-refractivity contribution in [1.29, 1.82) is 0 Å². The Morgan fingerprint density at radius 2 is 0.581 bits per heavy atom. The average Bonchev–Trinajstić information content (AvgIpc) is 3.80. The van der Waals surface area contributed by atoms with Crippen molar-refractivity contribution in [3.8, 4) is 77.9 Å². The van der Waals surface area contributed by atoms with Gasteiger partial charge in [0.1, 0.15) is 0 Å². The molecule has 0 atom stereocenters. The minimum Gasteiger partial charge on any atom is -0.310 e. The lowest BCUT2D eigenvalue weighted by atomic mass is 9.70. The Hall–Kier alpha value is -8.00. The van der Waals surface area contributed by atoms with Gasteiger partial charge in [-0.1, -0.05) is 200 Å². The van der Waals surface area contributed by atoms with Gasteiger partial charge >= 0.3 is 0 Å². The lowest BCUT2D eigenvalue weighted by Crippen LogP contribution is -2.25. The van der Waals surface area contributed by atoms with Crippen LogP contribution in [0.15, 0.2) is 237 Å². The van der Waals surface area contributed by atoms with Crippen LogP contribution in [-0.2, 0) is 5.41 Å². The zero-order chi connectivity index (χ0) is 40.8. The van der Waals surface area contributed by atoms with Crippen LogP contribution in [0.5, 0.6) is 0 Å². The number of anilines is 3. The first kappa shape index (κ1) is 34.8. The Morgan fingerprint density at radius 1 is 0.226 bits per heavy atom. The van der Waals surface area contributed by atoms with Crippen LogP contribution in [0.25, 0.3) is 77.9 Å². The summed E-state index contributed by atoms with van der Waals surface area (Å²) >= 11 is 0. The number of benzene rings is 10. The summed E-state index contributed by atoms with van der Waals surface area (Å²) in [5.41, 5.74) is 26.1. The SMILES string of the molecule is c1ccc(-c2ccc(N(c3ccc(-c4c5cccc4-c4ccccc4-c4ccccc4-5)cc3)c3ccc4c(c3)-c3ccccc3C43c4ccccc4-c4ccccc43)cc2)cc1. The molecule has 1 nitrogen and oxygen atoms in total. The van der Waals surface area contributed by atoms with Gasteiger partial charge in [0, 0.05) is 17.1 Å². The molecule has 62 heavy (non-hydrogen) atoms. The van der Waals surface area contributed by atoms with E-state index in [1.54, 1.807) is 0 Å². The first-order chi connectivity index (χ1) is 30.8. The monoisotopic (exact) mass is 785 g/mol. The number of hydrogen-bond donors (Lipinski definition) is 0. The van der Waals surface area contributed by atoms with Crippen LogP contribution in [0.2, 0.25) is 0 Å². The molecule has 1 spiro atoms. The molecule has 0 N–H and O–H groups in total. The molecule has 1 heteroatoms. The van der Waals surface area contributed by atoms with E-state index in [9.17, 15) is 0 Å². The standard InChI is InChI=1S/C61H39N/c1-2-15-40(16-3-1)41-29-33-43(34-30-41)62(44-35-31-42(32-36-44)60-53-24-14-25-54(60)49-20-7-5-18-47(49)46-17-4-6-19-48(46)53)45-37-38-59-55(39-45)52-23-10-13-28-58(52)61(59)56-26-11-8-21-50(56)51-22-9-12-27-57(51)61/h1-39H. The van der Waals surface area contributed by atoms with Crippen LogP contribution >= 0.6 is 0 Å². The van der Waals surface area contributed by atoms with E-state index in [2.05, 4.69) is 241 Å². The molecule has 10 aromatic rings. The van der Waals surface area contributed by atoms with Gasteiger partial charge in [0.05, 0.1) is 5.41 Å². The maximum absolute atomic E-state index is 2.44. The van der Waals surface area contributed by atoms with Crippen molar-refractivity contribution >= 4 is 17.1 Å². The van der Waals surface area contributed by atoms with Gasteiger partial charge in [-0.25, -0.2) is 0 Å². The van der Waals surface area contributed by atoms with Crippen molar-refractivity contribution in [2.75, 3.05) is 4.90 Å². The molecule has 0 fully saturated rings. The fraction of sp³-hybridized carbons (Fsp3) is 0.0164. The van der Waals surface area contributed by atoms with Gasteiger partial charge in [-0.15, -0.1) is 0 Å². The lowest BCUT2D eigenvalue weighted by Gasteiger charge is -2.31. The van der Waals surface area contributed by atoms with Crippen LogP contribution in [-0.4, -0.2) is 0 Å². The Kier molecular flexibility index (Phi) is 7.59. The minimum atomic E-state index is -0.381. The highest BCUT2D eigenvalue weighted by Gasteiger charge is 2.51. The topological polar surface area (TPSA) is 3.24 Å². The molecule has 0 saturated heterocycles. The van der Waals surface area contributed by atoms with Gasteiger partial charge in [0.2, 0.25) is 0 Å². The summed E-state index contributed by atoms with van der Waals surface area (Å²) in [4.78, 5) is 2.43. The van der Waals surface area contributed by atoms with Crippen molar-refractivity contribution in [1.82, 2.24) is 0 Å². The molecule has 0 heterocycles. The van der Waals surface area contributed by atoms with Gasteiger partial charge in [0.25, 0.3) is 0 Å². The zero-order valence-corrected chi connectivity index (χ0v) is 34.0. The van der Waals surface area contributed by atoms with Crippen LogP contribution in [0.3, 0.4) is 0 Å². The van der Waals surface area contributed by atoms with Crippen molar-refractivity contribution < 1.29 is 0 Å². The zero-order valence-electron chi connectivity index (χ0n) is 34.0. The first-order valence-corrected chi connectivity index (χ1v) is 21.6. The molecule has 0 unspecified atom stereocenters. The smallest absolute Gasteiger partial charge is 0.0725 e. The van der Waals surface area contributed by atoms with Gasteiger partial charge in [-0.2, -0.15) is 0 Å². The van der Waals surface area contributed by atoms with E-state index in [1.807, 2.05) is 0 Å². The van der Waals surface area contributed by atoms with E-state index in [-0.39, 0.29) is 5.41 Å². The predicted molar refractivity (Wildman–Crippen MR) is 258 cm³/mol. The van der Waals surface area contributed by atoms with Gasteiger partial charge in [-0.3, -0.25) is 0 Å². The van der Waals surface area contributed by atoms with Crippen LogP contribution in [0.4, 0.5) is 17.1 Å².